The zero-order chi connectivity index (χ0) is 15.7. The maximum absolute atomic E-state index is 12.4. The van der Waals surface area contributed by atoms with Gasteiger partial charge in [0.1, 0.15) is 12.1 Å². The zero-order valence-electron chi connectivity index (χ0n) is 12.6. The van der Waals surface area contributed by atoms with Crippen molar-refractivity contribution >= 4 is 34.5 Å². The molecule has 22 heavy (non-hydrogen) atoms. The number of aromatic nitrogens is 1. The van der Waals surface area contributed by atoms with Crippen molar-refractivity contribution in [3.63, 3.8) is 0 Å². The fourth-order valence-electron chi connectivity index (χ4n) is 2.93. The molecule has 0 spiro atoms. The molecule has 3 rings (SSSR count). The van der Waals surface area contributed by atoms with Crippen molar-refractivity contribution in [1.29, 1.82) is 0 Å². The second kappa shape index (κ2) is 6.04. The number of thioether (sulfide) groups is 1. The van der Waals surface area contributed by atoms with Crippen molar-refractivity contribution in [3.05, 3.63) is 36.0 Å². The molecular formula is C16H19N3O2S. The van der Waals surface area contributed by atoms with Crippen LogP contribution in [0.1, 0.15) is 18.4 Å². The lowest BCUT2D eigenvalue weighted by atomic mass is 9.90. The molecule has 1 aromatic carbocycles. The van der Waals surface area contributed by atoms with Crippen LogP contribution in [0.4, 0.5) is 0 Å². The summed E-state index contributed by atoms with van der Waals surface area (Å²) in [6.07, 6.45) is 3.84. The summed E-state index contributed by atoms with van der Waals surface area (Å²) < 4.78 is 0. The van der Waals surface area contributed by atoms with Crippen LogP contribution in [0, 0.1) is 0 Å². The Balaban J connectivity index is 1.85. The van der Waals surface area contributed by atoms with Crippen LogP contribution in [-0.2, 0) is 9.59 Å². The SMILES string of the molecule is CSC[C@@H]1NC(=O)[C@@H](C(C)c2c[nH]c3ccccc23)NC1=O. The lowest BCUT2D eigenvalue weighted by Gasteiger charge is -2.32. The van der Waals surface area contributed by atoms with Crippen LogP contribution in [0.25, 0.3) is 10.9 Å². The van der Waals surface area contributed by atoms with E-state index in [0.29, 0.717) is 5.75 Å². The number of carbonyl (C=O) groups is 2. The lowest BCUT2D eigenvalue weighted by molar-refractivity contribution is -0.136. The molecule has 1 saturated heterocycles. The van der Waals surface area contributed by atoms with Crippen molar-refractivity contribution in [2.45, 2.75) is 24.9 Å². The smallest absolute Gasteiger partial charge is 0.244 e. The van der Waals surface area contributed by atoms with Crippen molar-refractivity contribution in [1.82, 2.24) is 15.6 Å². The summed E-state index contributed by atoms with van der Waals surface area (Å²) in [5.74, 6) is 0.267. The van der Waals surface area contributed by atoms with Crippen LogP contribution >= 0.6 is 11.8 Å². The molecule has 0 aliphatic carbocycles. The van der Waals surface area contributed by atoms with Gasteiger partial charge in [0.2, 0.25) is 11.8 Å². The first-order valence-corrected chi connectivity index (χ1v) is 8.67. The number of H-pyrrole nitrogens is 1. The van der Waals surface area contributed by atoms with Gasteiger partial charge in [0, 0.05) is 28.8 Å². The maximum atomic E-state index is 12.4. The Kier molecular flexibility index (Phi) is 4.11. The van der Waals surface area contributed by atoms with E-state index < -0.39 is 12.1 Å². The van der Waals surface area contributed by atoms with Gasteiger partial charge in [0.05, 0.1) is 0 Å². The van der Waals surface area contributed by atoms with Gasteiger partial charge in [-0.1, -0.05) is 25.1 Å². The number of hydrogen-bond donors (Lipinski definition) is 3. The molecule has 1 fully saturated rings. The number of rotatable bonds is 4. The summed E-state index contributed by atoms with van der Waals surface area (Å²) in [4.78, 5) is 27.7. The monoisotopic (exact) mass is 317 g/mol. The molecule has 1 aliphatic heterocycles. The molecule has 2 aromatic rings. The molecule has 3 N–H and O–H groups in total. The third-order valence-corrected chi connectivity index (χ3v) is 4.83. The number of carbonyl (C=O) groups excluding carboxylic acids is 2. The van der Waals surface area contributed by atoms with Gasteiger partial charge in [-0.05, 0) is 17.9 Å². The molecule has 0 radical (unpaired) electrons. The second-order valence-electron chi connectivity index (χ2n) is 5.58. The van der Waals surface area contributed by atoms with Crippen molar-refractivity contribution in [3.8, 4) is 0 Å². The number of fused-ring (bicyclic) bond motifs is 1. The minimum absolute atomic E-state index is 0.102. The van der Waals surface area contributed by atoms with Gasteiger partial charge in [-0.25, -0.2) is 0 Å². The molecule has 5 nitrogen and oxygen atoms in total. The van der Waals surface area contributed by atoms with Gasteiger partial charge in [0.15, 0.2) is 0 Å². The minimum Gasteiger partial charge on any atom is -0.361 e. The number of aromatic amines is 1. The Hall–Kier alpha value is -1.95. The summed E-state index contributed by atoms with van der Waals surface area (Å²) in [5, 5.41) is 6.79. The van der Waals surface area contributed by atoms with Crippen molar-refractivity contribution in [2.75, 3.05) is 12.0 Å². The summed E-state index contributed by atoms with van der Waals surface area (Å²) in [6, 6.07) is 6.99. The summed E-state index contributed by atoms with van der Waals surface area (Å²) in [5.41, 5.74) is 2.08. The fourth-order valence-corrected chi connectivity index (χ4v) is 3.50. The average Bonchev–Trinajstić information content (AvgIpc) is 2.94. The highest BCUT2D eigenvalue weighted by molar-refractivity contribution is 7.98. The van der Waals surface area contributed by atoms with E-state index in [4.69, 9.17) is 0 Å². The molecule has 0 bridgehead atoms. The first-order valence-electron chi connectivity index (χ1n) is 7.27. The molecule has 0 saturated carbocycles. The fraction of sp³-hybridized carbons (Fsp3) is 0.375. The maximum Gasteiger partial charge on any atom is 0.244 e. The number of hydrogen-bond acceptors (Lipinski definition) is 3. The summed E-state index contributed by atoms with van der Waals surface area (Å²) >= 11 is 1.54. The van der Waals surface area contributed by atoms with Gasteiger partial charge < -0.3 is 15.6 Å². The highest BCUT2D eigenvalue weighted by atomic mass is 32.2. The van der Waals surface area contributed by atoms with Crippen LogP contribution in [0.5, 0.6) is 0 Å². The van der Waals surface area contributed by atoms with Gasteiger partial charge in [-0.15, -0.1) is 0 Å². The molecule has 1 aliphatic rings. The number of amides is 2. The first-order chi connectivity index (χ1) is 10.6. The molecule has 116 valence electrons. The van der Waals surface area contributed by atoms with Gasteiger partial charge in [-0.3, -0.25) is 9.59 Å². The highest BCUT2D eigenvalue weighted by Gasteiger charge is 2.37. The Labute approximate surface area is 133 Å². The van der Waals surface area contributed by atoms with E-state index in [1.807, 2.05) is 43.6 Å². The van der Waals surface area contributed by atoms with Crippen LogP contribution in [0.3, 0.4) is 0 Å². The van der Waals surface area contributed by atoms with E-state index >= 15 is 0 Å². The molecule has 1 aromatic heterocycles. The van der Waals surface area contributed by atoms with E-state index in [1.54, 1.807) is 11.8 Å². The average molecular weight is 317 g/mol. The van der Waals surface area contributed by atoms with Crippen molar-refractivity contribution in [2.24, 2.45) is 0 Å². The lowest BCUT2D eigenvalue weighted by Crippen LogP contribution is -2.63. The molecule has 3 atom stereocenters. The predicted octanol–water partition coefficient (Wildman–Crippen LogP) is 1.62. The van der Waals surface area contributed by atoms with E-state index in [-0.39, 0.29) is 17.7 Å². The van der Waals surface area contributed by atoms with Crippen molar-refractivity contribution < 1.29 is 9.59 Å². The van der Waals surface area contributed by atoms with E-state index in [9.17, 15) is 9.59 Å². The molecule has 2 amide bonds. The van der Waals surface area contributed by atoms with Crippen LogP contribution in [0.2, 0.25) is 0 Å². The zero-order valence-corrected chi connectivity index (χ0v) is 13.4. The van der Waals surface area contributed by atoms with Gasteiger partial charge in [-0.2, -0.15) is 11.8 Å². The van der Waals surface area contributed by atoms with Crippen LogP contribution in [-0.4, -0.2) is 40.9 Å². The molecular weight excluding hydrogens is 298 g/mol. The van der Waals surface area contributed by atoms with E-state index in [1.165, 1.54) is 0 Å². The highest BCUT2D eigenvalue weighted by Crippen LogP contribution is 2.28. The standard InChI is InChI=1S/C16H19N3O2S/c1-9(11-7-17-12-6-4-3-5-10(11)12)14-16(21)18-13(8-22-2)15(20)19-14/h3-7,9,13-14,17H,8H2,1-2H3,(H,18,21)(H,19,20)/t9?,13-,14+/m0/s1. The second-order valence-corrected chi connectivity index (χ2v) is 6.49. The number of piperazine rings is 1. The predicted molar refractivity (Wildman–Crippen MR) is 89.0 cm³/mol. The number of nitrogens with one attached hydrogen (secondary N) is 3. The topological polar surface area (TPSA) is 74.0 Å². The molecule has 2 heterocycles. The normalized spacial score (nSPS) is 23.2. The third-order valence-electron chi connectivity index (χ3n) is 4.16. The Morgan fingerprint density at radius 3 is 2.73 bits per heavy atom. The van der Waals surface area contributed by atoms with E-state index in [0.717, 1.165) is 16.5 Å². The molecule has 1 unspecified atom stereocenters. The minimum atomic E-state index is -0.537. The Bertz CT molecular complexity index is 712. The van der Waals surface area contributed by atoms with Gasteiger partial charge in [0.25, 0.3) is 0 Å². The van der Waals surface area contributed by atoms with Crippen LogP contribution < -0.4 is 10.6 Å². The summed E-state index contributed by atoms with van der Waals surface area (Å²) in [6.45, 7) is 1.97. The van der Waals surface area contributed by atoms with Crippen LogP contribution in [0.15, 0.2) is 30.5 Å². The van der Waals surface area contributed by atoms with Gasteiger partial charge >= 0.3 is 0 Å². The molecule has 6 heteroatoms. The Morgan fingerprint density at radius 1 is 1.18 bits per heavy atom. The van der Waals surface area contributed by atoms with E-state index in [2.05, 4.69) is 15.6 Å². The quantitative estimate of drug-likeness (QED) is 0.802. The Morgan fingerprint density at radius 2 is 1.95 bits per heavy atom. The number of para-hydroxylation sites is 1. The summed E-state index contributed by atoms with van der Waals surface area (Å²) in [7, 11) is 0. The first kappa shape index (κ1) is 15.0. The third kappa shape index (κ3) is 2.59. The largest absolute Gasteiger partial charge is 0.361 e. The number of benzene rings is 1.